The molecule has 176 valence electrons. The van der Waals surface area contributed by atoms with Gasteiger partial charge in [-0.2, -0.15) is 13.2 Å². The van der Waals surface area contributed by atoms with Gasteiger partial charge in [-0.15, -0.1) is 0 Å². The molecule has 0 bridgehead atoms. The maximum Gasteiger partial charge on any atom is 0.416 e. The van der Waals surface area contributed by atoms with E-state index in [0.29, 0.717) is 5.69 Å². The Morgan fingerprint density at radius 2 is 1.59 bits per heavy atom. The number of carboxylic acids is 1. The maximum atomic E-state index is 12.8. The van der Waals surface area contributed by atoms with E-state index in [1.165, 1.54) is 23.3 Å². The molecule has 4 rings (SSSR count). The first kappa shape index (κ1) is 23.4. The van der Waals surface area contributed by atoms with Crippen LogP contribution in [0.2, 0.25) is 0 Å². The summed E-state index contributed by atoms with van der Waals surface area (Å²) in [5, 5.41) is 14.1. The first-order valence-corrected chi connectivity index (χ1v) is 10.9. The number of rotatable bonds is 5. The Labute approximate surface area is 194 Å². The summed E-state index contributed by atoms with van der Waals surface area (Å²) in [5.74, 6) is -0.592. The number of aryl methyl sites for hydroxylation is 1. The molecular weight excluding hydrogens is 445 g/mol. The Morgan fingerprint density at radius 3 is 2.29 bits per heavy atom. The van der Waals surface area contributed by atoms with Crippen LogP contribution >= 0.6 is 0 Å². The van der Waals surface area contributed by atoms with Crippen molar-refractivity contribution < 1.29 is 27.9 Å². The summed E-state index contributed by atoms with van der Waals surface area (Å²) in [6.45, 7) is 0. The first-order valence-electron chi connectivity index (χ1n) is 10.9. The van der Waals surface area contributed by atoms with Crippen molar-refractivity contribution in [1.82, 2.24) is 0 Å². The molecule has 1 aliphatic rings. The molecule has 0 saturated carbocycles. The van der Waals surface area contributed by atoms with Crippen molar-refractivity contribution in [3.05, 3.63) is 83.4 Å². The number of carbonyl (C=O) groups is 2. The molecule has 0 heterocycles. The molecular formula is C26H23F3N2O3. The summed E-state index contributed by atoms with van der Waals surface area (Å²) in [5.41, 5.74) is 4.10. The van der Waals surface area contributed by atoms with Gasteiger partial charge in [0.05, 0.1) is 5.56 Å². The van der Waals surface area contributed by atoms with Crippen molar-refractivity contribution in [2.45, 2.75) is 31.9 Å². The first-order chi connectivity index (χ1) is 16.2. The van der Waals surface area contributed by atoms with Gasteiger partial charge in [0.1, 0.15) is 0 Å². The molecule has 2 amide bonds. The lowest BCUT2D eigenvalue weighted by Crippen LogP contribution is -2.19. The van der Waals surface area contributed by atoms with Crippen LogP contribution in [0.25, 0.3) is 11.1 Å². The van der Waals surface area contributed by atoms with E-state index in [-0.39, 0.29) is 18.0 Å². The number of hydrogen-bond acceptors (Lipinski definition) is 2. The Balaban J connectivity index is 1.39. The van der Waals surface area contributed by atoms with E-state index in [2.05, 4.69) is 16.7 Å². The van der Waals surface area contributed by atoms with E-state index >= 15 is 0 Å². The summed E-state index contributed by atoms with van der Waals surface area (Å²) in [7, 11) is 0. The molecule has 0 unspecified atom stereocenters. The van der Waals surface area contributed by atoms with E-state index in [9.17, 15) is 22.8 Å². The summed E-state index contributed by atoms with van der Waals surface area (Å²) in [6, 6.07) is 17.1. The van der Waals surface area contributed by atoms with Crippen molar-refractivity contribution in [1.29, 1.82) is 0 Å². The van der Waals surface area contributed by atoms with Gasteiger partial charge >= 0.3 is 18.2 Å². The lowest BCUT2D eigenvalue weighted by Gasteiger charge is -2.24. The number of urea groups is 1. The average molecular weight is 468 g/mol. The molecule has 34 heavy (non-hydrogen) atoms. The van der Waals surface area contributed by atoms with Gasteiger partial charge in [-0.3, -0.25) is 4.79 Å². The highest BCUT2D eigenvalue weighted by molar-refractivity contribution is 5.99. The van der Waals surface area contributed by atoms with E-state index in [1.54, 1.807) is 12.1 Å². The lowest BCUT2D eigenvalue weighted by atomic mass is 9.81. The maximum absolute atomic E-state index is 12.8. The normalized spacial score (nSPS) is 15.3. The molecule has 8 heteroatoms. The Hall–Kier alpha value is -3.81. The minimum absolute atomic E-state index is 0.0450. The SMILES string of the molecule is O=C(O)C[C@@H]1CCc2cc(-c3ccc(NC(=O)Nc4cccc(C(F)(F)F)c4)cc3)ccc2C1. The molecule has 1 aliphatic carbocycles. The average Bonchev–Trinajstić information content (AvgIpc) is 2.78. The molecule has 3 aromatic carbocycles. The molecule has 0 saturated heterocycles. The van der Waals surface area contributed by atoms with Gasteiger partial charge in [0.15, 0.2) is 0 Å². The number of amides is 2. The van der Waals surface area contributed by atoms with Crippen LogP contribution in [0.4, 0.5) is 29.3 Å². The number of aliphatic carboxylic acids is 1. The van der Waals surface area contributed by atoms with Gasteiger partial charge in [-0.25, -0.2) is 4.79 Å². The Bertz CT molecular complexity index is 1210. The zero-order valence-electron chi connectivity index (χ0n) is 18.2. The zero-order chi connectivity index (χ0) is 24.3. The highest BCUT2D eigenvalue weighted by Crippen LogP contribution is 2.32. The Kier molecular flexibility index (Phi) is 6.58. The lowest BCUT2D eigenvalue weighted by molar-refractivity contribution is -0.138. The summed E-state index contributed by atoms with van der Waals surface area (Å²) >= 11 is 0. The second-order valence-electron chi connectivity index (χ2n) is 8.43. The minimum Gasteiger partial charge on any atom is -0.481 e. The number of carbonyl (C=O) groups excluding carboxylic acids is 1. The smallest absolute Gasteiger partial charge is 0.416 e. The fourth-order valence-corrected chi connectivity index (χ4v) is 4.24. The van der Waals surface area contributed by atoms with Crippen LogP contribution in [-0.2, 0) is 23.8 Å². The number of carboxylic acid groups (broad SMARTS) is 1. The van der Waals surface area contributed by atoms with E-state index in [1.807, 2.05) is 24.3 Å². The monoisotopic (exact) mass is 468 g/mol. The standard InChI is InChI=1S/C26H23F3N2O3/c27-26(28,29)21-2-1-3-23(15-21)31-25(34)30-22-10-8-17(9-11-22)19-7-6-18-12-16(13-24(32)33)4-5-20(18)14-19/h1-3,6-11,14-16H,4-5,12-13H2,(H,32,33)(H2,30,31,34)/t16-/m1/s1. The van der Waals surface area contributed by atoms with Crippen LogP contribution in [0.3, 0.4) is 0 Å². The van der Waals surface area contributed by atoms with Gasteiger partial charge in [0.2, 0.25) is 0 Å². The number of benzene rings is 3. The highest BCUT2D eigenvalue weighted by atomic mass is 19.4. The molecule has 1 atom stereocenters. The predicted octanol–water partition coefficient (Wildman–Crippen LogP) is 6.60. The Morgan fingerprint density at radius 1 is 0.882 bits per heavy atom. The largest absolute Gasteiger partial charge is 0.481 e. The minimum atomic E-state index is -4.49. The summed E-state index contributed by atoms with van der Waals surface area (Å²) < 4.78 is 38.5. The summed E-state index contributed by atoms with van der Waals surface area (Å²) in [4.78, 5) is 23.2. The fourth-order valence-electron chi connectivity index (χ4n) is 4.24. The van der Waals surface area contributed by atoms with E-state index < -0.39 is 23.7 Å². The van der Waals surface area contributed by atoms with Gasteiger partial charge in [-0.1, -0.05) is 36.4 Å². The molecule has 5 nitrogen and oxygen atoms in total. The topological polar surface area (TPSA) is 78.4 Å². The van der Waals surface area contributed by atoms with E-state index in [4.69, 9.17) is 5.11 Å². The zero-order valence-corrected chi connectivity index (χ0v) is 18.2. The molecule has 0 aromatic heterocycles. The van der Waals surface area contributed by atoms with Crippen molar-refractivity contribution in [3.63, 3.8) is 0 Å². The van der Waals surface area contributed by atoms with E-state index in [0.717, 1.165) is 42.5 Å². The van der Waals surface area contributed by atoms with Crippen LogP contribution in [0.5, 0.6) is 0 Å². The van der Waals surface area contributed by atoms with Gasteiger partial charge < -0.3 is 15.7 Å². The van der Waals surface area contributed by atoms with Gasteiger partial charge in [-0.05, 0) is 77.8 Å². The molecule has 3 N–H and O–H groups in total. The predicted molar refractivity (Wildman–Crippen MR) is 124 cm³/mol. The number of fused-ring (bicyclic) bond motifs is 1. The third-order valence-electron chi connectivity index (χ3n) is 5.92. The van der Waals surface area contributed by atoms with Gasteiger partial charge in [0.25, 0.3) is 0 Å². The molecule has 0 fully saturated rings. The van der Waals surface area contributed by atoms with Gasteiger partial charge in [0, 0.05) is 17.8 Å². The third-order valence-corrected chi connectivity index (χ3v) is 5.92. The van der Waals surface area contributed by atoms with Crippen molar-refractivity contribution in [3.8, 4) is 11.1 Å². The van der Waals surface area contributed by atoms with Crippen molar-refractivity contribution in [2.75, 3.05) is 10.6 Å². The van der Waals surface area contributed by atoms with Crippen LogP contribution in [0.1, 0.15) is 29.5 Å². The quantitative estimate of drug-likeness (QED) is 0.395. The number of anilines is 2. The molecule has 3 aromatic rings. The molecule has 0 aliphatic heterocycles. The van der Waals surface area contributed by atoms with Crippen LogP contribution in [0.15, 0.2) is 66.7 Å². The van der Waals surface area contributed by atoms with Crippen LogP contribution in [-0.4, -0.2) is 17.1 Å². The molecule has 0 spiro atoms. The fraction of sp³-hybridized carbons (Fsp3) is 0.231. The number of halogens is 3. The second-order valence-corrected chi connectivity index (χ2v) is 8.43. The summed E-state index contributed by atoms with van der Waals surface area (Å²) in [6.07, 6.45) is -1.83. The second kappa shape index (κ2) is 9.59. The third kappa shape index (κ3) is 5.75. The van der Waals surface area contributed by atoms with Crippen LogP contribution in [0, 0.1) is 5.92 Å². The number of hydrogen-bond donors (Lipinski definition) is 3. The van der Waals surface area contributed by atoms with Crippen molar-refractivity contribution >= 4 is 23.4 Å². The number of nitrogens with one attached hydrogen (secondary N) is 2. The number of alkyl halides is 3. The van der Waals surface area contributed by atoms with Crippen molar-refractivity contribution in [2.24, 2.45) is 5.92 Å². The molecule has 0 radical (unpaired) electrons. The highest BCUT2D eigenvalue weighted by Gasteiger charge is 2.30. The van der Waals surface area contributed by atoms with Crippen LogP contribution < -0.4 is 10.6 Å².